The van der Waals surface area contributed by atoms with Crippen molar-refractivity contribution in [2.24, 2.45) is 0 Å². The van der Waals surface area contributed by atoms with E-state index in [9.17, 15) is 0 Å². The smallest absolute Gasteiger partial charge is 0.0428 e. The van der Waals surface area contributed by atoms with Gasteiger partial charge in [0, 0.05) is 22.3 Å². The van der Waals surface area contributed by atoms with Crippen LogP contribution in [0.25, 0.3) is 10.1 Å². The van der Waals surface area contributed by atoms with Crippen LogP contribution in [0.15, 0.2) is 29.6 Å². The summed E-state index contributed by atoms with van der Waals surface area (Å²) in [5.74, 6) is 0. The fourth-order valence-electron chi connectivity index (χ4n) is 1.75. The molecule has 15 heavy (non-hydrogen) atoms. The van der Waals surface area contributed by atoms with Gasteiger partial charge in [-0.1, -0.05) is 25.8 Å². The third kappa shape index (κ3) is 2.51. The van der Waals surface area contributed by atoms with Gasteiger partial charge in [-0.05, 0) is 30.0 Å². The first kappa shape index (κ1) is 10.5. The van der Waals surface area contributed by atoms with Crippen LogP contribution in [0.5, 0.6) is 0 Å². The van der Waals surface area contributed by atoms with Crippen LogP contribution in [0.3, 0.4) is 0 Å². The van der Waals surface area contributed by atoms with Gasteiger partial charge >= 0.3 is 0 Å². The Morgan fingerprint density at radius 2 is 2.13 bits per heavy atom. The molecule has 0 amide bonds. The van der Waals surface area contributed by atoms with Gasteiger partial charge in [0.05, 0.1) is 0 Å². The van der Waals surface area contributed by atoms with Gasteiger partial charge in [0.1, 0.15) is 0 Å². The maximum atomic E-state index is 3.52. The summed E-state index contributed by atoms with van der Waals surface area (Å²) < 4.78 is 1.37. The first-order chi connectivity index (χ1) is 7.42. The average molecular weight is 219 g/mol. The number of unbranched alkanes of at least 4 members (excludes halogenated alkanes) is 2. The predicted octanol–water partition coefficient (Wildman–Crippen LogP) is 4.50. The topological polar surface area (TPSA) is 12.0 Å². The molecule has 2 heteroatoms. The maximum absolute atomic E-state index is 3.52. The van der Waals surface area contributed by atoms with Crippen molar-refractivity contribution in [1.29, 1.82) is 0 Å². The minimum Gasteiger partial charge on any atom is -0.385 e. The molecular formula is C13H17NS. The van der Waals surface area contributed by atoms with Crippen LogP contribution in [-0.2, 0) is 0 Å². The summed E-state index contributed by atoms with van der Waals surface area (Å²) in [6.45, 7) is 3.32. The van der Waals surface area contributed by atoms with Gasteiger partial charge in [-0.25, -0.2) is 0 Å². The van der Waals surface area contributed by atoms with Crippen LogP contribution >= 0.6 is 11.3 Å². The Labute approximate surface area is 95.1 Å². The van der Waals surface area contributed by atoms with Crippen molar-refractivity contribution in [2.45, 2.75) is 26.2 Å². The maximum Gasteiger partial charge on any atom is 0.0428 e. The summed E-state index contributed by atoms with van der Waals surface area (Å²) >= 11 is 1.81. The Hall–Kier alpha value is -1.02. The van der Waals surface area contributed by atoms with Crippen LogP contribution in [0.2, 0.25) is 0 Å². The molecule has 0 atom stereocenters. The molecule has 1 heterocycles. The highest BCUT2D eigenvalue weighted by Crippen LogP contribution is 2.27. The lowest BCUT2D eigenvalue weighted by molar-refractivity contribution is 0.744. The van der Waals surface area contributed by atoms with Gasteiger partial charge in [0.15, 0.2) is 0 Å². The molecule has 1 aromatic carbocycles. The van der Waals surface area contributed by atoms with Gasteiger partial charge in [-0.15, -0.1) is 11.3 Å². The van der Waals surface area contributed by atoms with Crippen molar-refractivity contribution in [1.82, 2.24) is 0 Å². The lowest BCUT2D eigenvalue weighted by atomic mass is 10.2. The van der Waals surface area contributed by atoms with Gasteiger partial charge in [-0.2, -0.15) is 0 Å². The third-order valence-corrected chi connectivity index (χ3v) is 3.47. The first-order valence-electron chi connectivity index (χ1n) is 5.62. The molecule has 0 fully saturated rings. The molecule has 0 radical (unpaired) electrons. The van der Waals surface area contributed by atoms with E-state index in [4.69, 9.17) is 0 Å². The van der Waals surface area contributed by atoms with Gasteiger partial charge in [-0.3, -0.25) is 0 Å². The summed E-state index contributed by atoms with van der Waals surface area (Å²) in [5.41, 5.74) is 1.28. The highest BCUT2D eigenvalue weighted by Gasteiger charge is 1.99. The number of thiophene rings is 1. The van der Waals surface area contributed by atoms with Crippen molar-refractivity contribution >= 4 is 27.1 Å². The van der Waals surface area contributed by atoms with Crippen molar-refractivity contribution in [3.8, 4) is 0 Å². The molecule has 0 aliphatic carbocycles. The van der Waals surface area contributed by atoms with E-state index in [0.29, 0.717) is 0 Å². The van der Waals surface area contributed by atoms with Crippen LogP contribution in [-0.4, -0.2) is 6.54 Å². The molecule has 0 unspecified atom stereocenters. The second-order valence-electron chi connectivity index (χ2n) is 3.77. The van der Waals surface area contributed by atoms with E-state index in [1.165, 1.54) is 35.0 Å². The van der Waals surface area contributed by atoms with Gasteiger partial charge in [0.2, 0.25) is 0 Å². The summed E-state index contributed by atoms with van der Waals surface area (Å²) in [5, 5.41) is 7.03. The molecule has 0 saturated heterocycles. The second kappa shape index (κ2) is 5.17. The third-order valence-electron chi connectivity index (χ3n) is 2.59. The molecule has 0 spiro atoms. The summed E-state index contributed by atoms with van der Waals surface area (Å²) in [6.07, 6.45) is 3.86. The van der Waals surface area contributed by atoms with Crippen LogP contribution < -0.4 is 5.32 Å². The number of hydrogen-bond acceptors (Lipinski definition) is 2. The highest BCUT2D eigenvalue weighted by atomic mass is 32.1. The molecule has 0 aliphatic heterocycles. The minimum absolute atomic E-state index is 1.09. The Morgan fingerprint density at radius 1 is 1.20 bits per heavy atom. The zero-order valence-corrected chi connectivity index (χ0v) is 9.94. The Balaban J connectivity index is 2.04. The van der Waals surface area contributed by atoms with Gasteiger partial charge in [0.25, 0.3) is 0 Å². The number of nitrogens with one attached hydrogen (secondary N) is 1. The standard InChI is InChI=1S/C13H17NS/c1-2-3-4-9-14-12-6-5-7-13-11(12)8-10-15-13/h5-8,10,14H,2-4,9H2,1H3. The zero-order chi connectivity index (χ0) is 10.5. The van der Waals surface area contributed by atoms with E-state index in [-0.39, 0.29) is 0 Å². The molecule has 0 saturated carbocycles. The van der Waals surface area contributed by atoms with Crippen LogP contribution in [0.1, 0.15) is 26.2 Å². The van der Waals surface area contributed by atoms with E-state index in [0.717, 1.165) is 6.54 Å². The molecule has 1 N–H and O–H groups in total. The molecule has 1 nitrogen and oxygen atoms in total. The van der Waals surface area contributed by atoms with Crippen LogP contribution in [0.4, 0.5) is 5.69 Å². The van der Waals surface area contributed by atoms with E-state index in [2.05, 4.69) is 41.9 Å². The molecule has 80 valence electrons. The van der Waals surface area contributed by atoms with Crippen molar-refractivity contribution in [2.75, 3.05) is 11.9 Å². The Kier molecular flexibility index (Phi) is 3.62. The molecule has 2 aromatic rings. The normalized spacial score (nSPS) is 10.7. The van der Waals surface area contributed by atoms with E-state index >= 15 is 0 Å². The van der Waals surface area contributed by atoms with Gasteiger partial charge < -0.3 is 5.32 Å². The molecule has 2 rings (SSSR count). The molecule has 0 bridgehead atoms. The van der Waals surface area contributed by atoms with E-state index in [1.807, 2.05) is 0 Å². The number of benzene rings is 1. The summed E-state index contributed by atoms with van der Waals surface area (Å²) in [7, 11) is 0. The van der Waals surface area contributed by atoms with Crippen molar-refractivity contribution < 1.29 is 0 Å². The highest BCUT2D eigenvalue weighted by molar-refractivity contribution is 7.17. The Morgan fingerprint density at radius 3 is 3.00 bits per heavy atom. The molecule has 1 aromatic heterocycles. The van der Waals surface area contributed by atoms with Crippen molar-refractivity contribution in [3.05, 3.63) is 29.6 Å². The zero-order valence-electron chi connectivity index (χ0n) is 9.12. The fraction of sp³-hybridized carbons (Fsp3) is 0.385. The molecule has 0 aliphatic rings. The number of anilines is 1. The summed E-state index contributed by atoms with van der Waals surface area (Å²) in [4.78, 5) is 0. The van der Waals surface area contributed by atoms with Crippen molar-refractivity contribution in [3.63, 3.8) is 0 Å². The fourth-order valence-corrected chi connectivity index (χ4v) is 2.56. The van der Waals surface area contributed by atoms with Crippen LogP contribution in [0, 0.1) is 0 Å². The lowest BCUT2D eigenvalue weighted by Crippen LogP contribution is -2.00. The van der Waals surface area contributed by atoms with E-state index in [1.54, 1.807) is 11.3 Å². The van der Waals surface area contributed by atoms with E-state index < -0.39 is 0 Å². The Bertz CT molecular complexity index is 419. The largest absolute Gasteiger partial charge is 0.385 e. The minimum atomic E-state index is 1.09. The quantitative estimate of drug-likeness (QED) is 0.730. The average Bonchev–Trinajstić information content (AvgIpc) is 2.73. The first-order valence-corrected chi connectivity index (χ1v) is 6.50. The second-order valence-corrected chi connectivity index (χ2v) is 4.72. The number of hydrogen-bond donors (Lipinski definition) is 1. The SMILES string of the molecule is CCCCCNc1cccc2sccc12. The lowest BCUT2D eigenvalue weighted by Gasteiger charge is -2.06. The number of fused-ring (bicyclic) bond motifs is 1. The predicted molar refractivity (Wildman–Crippen MR) is 69.8 cm³/mol. The molecular weight excluding hydrogens is 202 g/mol. The summed E-state index contributed by atoms with van der Waals surface area (Å²) in [6, 6.07) is 8.67. The monoisotopic (exact) mass is 219 g/mol. The number of rotatable bonds is 5.